The molecule has 1 aromatic heterocycles. The van der Waals surface area contributed by atoms with Crippen LogP contribution in [0.5, 0.6) is 23.1 Å². The van der Waals surface area contributed by atoms with Gasteiger partial charge in [0.25, 0.3) is 5.56 Å². The summed E-state index contributed by atoms with van der Waals surface area (Å²) in [6.07, 6.45) is 1.83. The maximum absolute atomic E-state index is 12.4. The minimum absolute atomic E-state index is 0.0138. The van der Waals surface area contributed by atoms with Crippen molar-refractivity contribution in [3.8, 4) is 23.1 Å². The van der Waals surface area contributed by atoms with Gasteiger partial charge in [-0.3, -0.25) is 14.3 Å². The number of hydrogen-bond donors (Lipinski definition) is 3. The van der Waals surface area contributed by atoms with E-state index >= 15 is 0 Å². The van der Waals surface area contributed by atoms with Gasteiger partial charge in [-0.25, -0.2) is 4.79 Å². The first-order valence-electron chi connectivity index (χ1n) is 9.64. The van der Waals surface area contributed by atoms with Crippen LogP contribution < -0.4 is 30.9 Å². The van der Waals surface area contributed by atoms with Gasteiger partial charge in [0.05, 0.1) is 33.1 Å². The summed E-state index contributed by atoms with van der Waals surface area (Å²) in [7, 11) is 4.58. The van der Waals surface area contributed by atoms with Crippen LogP contribution in [0.3, 0.4) is 0 Å². The lowest BCUT2D eigenvalue weighted by atomic mass is 9.98. The van der Waals surface area contributed by atoms with Crippen molar-refractivity contribution in [3.05, 3.63) is 44.1 Å². The second-order valence-corrected chi connectivity index (χ2v) is 6.83. The molecule has 2 aromatic rings. The summed E-state index contributed by atoms with van der Waals surface area (Å²) < 4.78 is 17.4. The third-order valence-corrected chi connectivity index (χ3v) is 5.06. The molecule has 0 aliphatic carbocycles. The third kappa shape index (κ3) is 3.72. The first kappa shape index (κ1) is 21.3. The number of H-pyrrole nitrogens is 1. The van der Waals surface area contributed by atoms with Crippen LogP contribution in [0.25, 0.3) is 0 Å². The van der Waals surface area contributed by atoms with E-state index in [4.69, 9.17) is 14.2 Å². The van der Waals surface area contributed by atoms with Crippen LogP contribution >= 0.6 is 0 Å². The van der Waals surface area contributed by atoms with Gasteiger partial charge in [0, 0.05) is 18.5 Å². The van der Waals surface area contributed by atoms with E-state index in [-0.39, 0.29) is 17.5 Å². The lowest BCUT2D eigenvalue weighted by molar-refractivity contribution is 0.320. The number of benzene rings is 1. The van der Waals surface area contributed by atoms with Gasteiger partial charge >= 0.3 is 5.69 Å². The molecule has 0 bridgehead atoms. The van der Waals surface area contributed by atoms with E-state index in [0.29, 0.717) is 42.3 Å². The second-order valence-electron chi connectivity index (χ2n) is 6.83. The monoisotopic (exact) mass is 418 g/mol. The lowest BCUT2D eigenvalue weighted by Gasteiger charge is -2.19. The van der Waals surface area contributed by atoms with Crippen LogP contribution in [0.15, 0.2) is 26.8 Å². The molecule has 30 heavy (non-hydrogen) atoms. The first-order chi connectivity index (χ1) is 14.5. The molecule has 10 nitrogen and oxygen atoms in total. The van der Waals surface area contributed by atoms with E-state index in [1.807, 2.05) is 13.0 Å². The number of aromatic amines is 1. The summed E-state index contributed by atoms with van der Waals surface area (Å²) in [5, 5.41) is 14.9. The van der Waals surface area contributed by atoms with Crippen molar-refractivity contribution in [1.82, 2.24) is 15.0 Å². The number of nitrogens with zero attached hydrogens (tertiary/aromatic N) is 2. The Morgan fingerprint density at radius 3 is 2.53 bits per heavy atom. The van der Waals surface area contributed by atoms with Crippen LogP contribution in [0.2, 0.25) is 0 Å². The average Bonchev–Trinajstić information content (AvgIpc) is 3.21. The zero-order valence-corrected chi connectivity index (χ0v) is 17.4. The van der Waals surface area contributed by atoms with Gasteiger partial charge in [0.2, 0.25) is 11.6 Å². The van der Waals surface area contributed by atoms with E-state index in [9.17, 15) is 14.7 Å². The fourth-order valence-corrected chi connectivity index (χ4v) is 3.52. The molecule has 0 amide bonds. The predicted octanol–water partition coefficient (Wildman–Crippen LogP) is 1.51. The van der Waals surface area contributed by atoms with Crippen molar-refractivity contribution >= 4 is 5.71 Å². The van der Waals surface area contributed by atoms with E-state index in [2.05, 4.69) is 15.5 Å². The number of methoxy groups -OCH3 is 3. The lowest BCUT2D eigenvalue weighted by Crippen LogP contribution is -2.33. The fourth-order valence-electron chi connectivity index (χ4n) is 3.52. The maximum Gasteiger partial charge on any atom is 0.331 e. The zero-order valence-electron chi connectivity index (χ0n) is 17.4. The van der Waals surface area contributed by atoms with Gasteiger partial charge in [-0.1, -0.05) is 13.3 Å². The van der Waals surface area contributed by atoms with Gasteiger partial charge in [-0.2, -0.15) is 5.10 Å². The minimum atomic E-state index is -0.675. The first-order valence-corrected chi connectivity index (χ1v) is 9.64. The van der Waals surface area contributed by atoms with Crippen molar-refractivity contribution in [2.75, 3.05) is 21.3 Å². The number of aromatic hydroxyl groups is 1. The Labute approximate surface area is 173 Å². The molecule has 1 atom stereocenters. The molecule has 1 aliphatic rings. The van der Waals surface area contributed by atoms with Crippen LogP contribution in [0.1, 0.15) is 43.4 Å². The van der Waals surface area contributed by atoms with Gasteiger partial charge in [-0.05, 0) is 18.6 Å². The molecular weight excluding hydrogens is 392 g/mol. The Bertz CT molecular complexity index is 1070. The molecule has 0 unspecified atom stereocenters. The normalized spacial score (nSPS) is 15.5. The molecule has 0 fully saturated rings. The Hall–Kier alpha value is -3.43. The average molecular weight is 418 g/mol. The van der Waals surface area contributed by atoms with Crippen molar-refractivity contribution in [3.63, 3.8) is 0 Å². The van der Waals surface area contributed by atoms with E-state index in [0.717, 1.165) is 16.6 Å². The maximum atomic E-state index is 12.4. The largest absolute Gasteiger partial charge is 0.494 e. The Morgan fingerprint density at radius 2 is 1.90 bits per heavy atom. The minimum Gasteiger partial charge on any atom is -0.494 e. The van der Waals surface area contributed by atoms with Gasteiger partial charge in [0.1, 0.15) is 5.56 Å². The molecular formula is C20H26N4O6. The molecule has 1 aromatic carbocycles. The molecule has 3 N–H and O–H groups in total. The number of hydrogen-bond acceptors (Lipinski definition) is 8. The Kier molecular flexibility index (Phi) is 6.34. The number of hydrazone groups is 1. The molecule has 162 valence electrons. The van der Waals surface area contributed by atoms with Crippen LogP contribution in [0.4, 0.5) is 0 Å². The number of unbranched alkanes of at least 4 members (excludes halogenated alkanes) is 1. The van der Waals surface area contributed by atoms with Crippen LogP contribution in [0, 0.1) is 0 Å². The number of ether oxygens (including phenoxy) is 3. The highest BCUT2D eigenvalue weighted by atomic mass is 16.5. The smallest absolute Gasteiger partial charge is 0.331 e. The highest BCUT2D eigenvalue weighted by Gasteiger charge is 2.30. The van der Waals surface area contributed by atoms with Crippen LogP contribution in [-0.2, 0) is 6.54 Å². The zero-order chi connectivity index (χ0) is 21.8. The molecule has 3 rings (SSSR count). The molecule has 1 aliphatic heterocycles. The molecule has 0 saturated carbocycles. The molecule has 0 saturated heterocycles. The van der Waals surface area contributed by atoms with E-state index < -0.39 is 11.2 Å². The summed E-state index contributed by atoms with van der Waals surface area (Å²) in [6, 6.07) is 3.25. The second kappa shape index (κ2) is 8.93. The highest BCUT2D eigenvalue weighted by molar-refractivity contribution is 6.03. The summed E-state index contributed by atoms with van der Waals surface area (Å²) >= 11 is 0. The number of nitrogens with one attached hydrogen (secondary N) is 2. The topological polar surface area (TPSA) is 127 Å². The van der Waals surface area contributed by atoms with Crippen molar-refractivity contribution in [1.29, 1.82) is 0 Å². The van der Waals surface area contributed by atoms with Gasteiger partial charge in [-0.15, -0.1) is 0 Å². The summed E-state index contributed by atoms with van der Waals surface area (Å²) in [4.78, 5) is 26.8. The van der Waals surface area contributed by atoms with E-state index in [1.165, 1.54) is 21.3 Å². The van der Waals surface area contributed by atoms with Crippen LogP contribution in [-0.4, -0.2) is 41.7 Å². The van der Waals surface area contributed by atoms with Crippen molar-refractivity contribution in [2.45, 2.75) is 38.8 Å². The van der Waals surface area contributed by atoms with Gasteiger partial charge in [0.15, 0.2) is 11.5 Å². The predicted molar refractivity (Wildman–Crippen MR) is 111 cm³/mol. The van der Waals surface area contributed by atoms with Gasteiger partial charge < -0.3 is 24.7 Å². The van der Waals surface area contributed by atoms with Crippen molar-refractivity contribution < 1.29 is 19.3 Å². The standard InChI is InChI=1S/C20H26N4O6/c1-5-6-9-24-19(26)15(18(25)21-20(24)27)13-10-12(22-23-13)11-7-8-14(28-2)17(30-4)16(11)29-3/h7-8,12,22,26H,5-6,9-10H2,1-4H3,(H,21,25,27)/t12-/m1/s1. The summed E-state index contributed by atoms with van der Waals surface area (Å²) in [5.41, 5.74) is 2.75. The Balaban J connectivity index is 1.97. The quantitative estimate of drug-likeness (QED) is 0.593. The highest BCUT2D eigenvalue weighted by Crippen LogP contribution is 2.43. The van der Waals surface area contributed by atoms with Crippen molar-refractivity contribution in [2.24, 2.45) is 5.10 Å². The fraction of sp³-hybridized carbons (Fsp3) is 0.450. The molecule has 0 spiro atoms. The number of rotatable bonds is 8. The summed E-state index contributed by atoms with van der Waals surface area (Å²) in [6.45, 7) is 2.28. The summed E-state index contributed by atoms with van der Waals surface area (Å²) in [5.74, 6) is 1.07. The number of aromatic nitrogens is 2. The Morgan fingerprint density at radius 1 is 1.17 bits per heavy atom. The SMILES string of the molecule is CCCCn1c(O)c(C2=NN[C@@H](c3ccc(OC)c(OC)c3OC)C2)c(=O)[nH]c1=O. The third-order valence-electron chi connectivity index (χ3n) is 5.06. The molecule has 2 heterocycles. The molecule has 0 radical (unpaired) electrons. The molecule has 10 heteroatoms. The van der Waals surface area contributed by atoms with E-state index in [1.54, 1.807) is 6.07 Å².